The van der Waals surface area contributed by atoms with Crippen LogP contribution in [0.4, 0.5) is 0 Å². The van der Waals surface area contributed by atoms with Crippen molar-refractivity contribution in [1.29, 1.82) is 0 Å². The molecule has 1 unspecified atom stereocenters. The molecular weight excluding hydrogens is 262 g/mol. The molecule has 2 aromatic rings. The van der Waals surface area contributed by atoms with E-state index in [-0.39, 0.29) is 6.04 Å². The Morgan fingerprint density at radius 1 is 1.47 bits per heavy atom. The molecule has 2 rings (SSSR count). The number of hydrogen-bond acceptors (Lipinski definition) is 4. The summed E-state index contributed by atoms with van der Waals surface area (Å²) in [5, 5.41) is 8.46. The monoisotopic (exact) mass is 279 g/mol. The van der Waals surface area contributed by atoms with Crippen LogP contribution in [-0.4, -0.2) is 26.3 Å². The van der Waals surface area contributed by atoms with Crippen molar-refractivity contribution in [1.82, 2.24) is 25.1 Å². The number of hydrogen-bond donors (Lipinski definition) is 1. The van der Waals surface area contributed by atoms with Crippen molar-refractivity contribution in [2.24, 2.45) is 7.05 Å². The van der Waals surface area contributed by atoms with Crippen molar-refractivity contribution in [3.05, 3.63) is 40.7 Å². The smallest absolute Gasteiger partial charge is 0.130 e. The Labute approximate surface area is 118 Å². The van der Waals surface area contributed by atoms with Crippen LogP contribution < -0.4 is 5.32 Å². The molecule has 0 spiro atoms. The zero-order valence-electron chi connectivity index (χ0n) is 11.4. The molecule has 6 heteroatoms. The quantitative estimate of drug-likeness (QED) is 0.910. The van der Waals surface area contributed by atoms with Gasteiger partial charge in [-0.15, -0.1) is 0 Å². The van der Waals surface area contributed by atoms with Gasteiger partial charge < -0.3 is 5.32 Å². The summed E-state index contributed by atoms with van der Waals surface area (Å²) in [6.45, 7) is 4.92. The first-order valence-electron chi connectivity index (χ1n) is 6.30. The second kappa shape index (κ2) is 6.12. The maximum absolute atomic E-state index is 6.29. The average Bonchev–Trinajstić information content (AvgIpc) is 2.65. The molecule has 0 saturated carbocycles. The fraction of sp³-hybridized carbons (Fsp3) is 0.462. The lowest BCUT2D eigenvalue weighted by Gasteiger charge is -2.17. The molecule has 0 aliphatic rings. The highest BCUT2D eigenvalue weighted by atomic mass is 35.5. The molecule has 1 N–H and O–H groups in total. The van der Waals surface area contributed by atoms with E-state index in [1.54, 1.807) is 17.2 Å². The van der Waals surface area contributed by atoms with Crippen LogP contribution in [0.2, 0.25) is 5.15 Å². The number of aromatic nitrogens is 4. The molecule has 2 aromatic heterocycles. The van der Waals surface area contributed by atoms with Crippen molar-refractivity contribution in [3.8, 4) is 0 Å². The van der Waals surface area contributed by atoms with Crippen molar-refractivity contribution in [3.63, 3.8) is 0 Å². The zero-order chi connectivity index (χ0) is 13.8. The molecule has 102 valence electrons. The molecule has 0 radical (unpaired) electrons. The Balaban J connectivity index is 2.26. The van der Waals surface area contributed by atoms with Gasteiger partial charge in [0.2, 0.25) is 0 Å². The van der Waals surface area contributed by atoms with Crippen LogP contribution in [0.3, 0.4) is 0 Å². The summed E-state index contributed by atoms with van der Waals surface area (Å²) in [5.74, 6) is 0. The fourth-order valence-corrected chi connectivity index (χ4v) is 2.40. The fourth-order valence-electron chi connectivity index (χ4n) is 2.14. The van der Waals surface area contributed by atoms with E-state index in [0.717, 1.165) is 29.9 Å². The second-order valence-electron chi connectivity index (χ2n) is 4.43. The Morgan fingerprint density at radius 3 is 2.79 bits per heavy atom. The van der Waals surface area contributed by atoms with Gasteiger partial charge in [-0.1, -0.05) is 18.5 Å². The van der Waals surface area contributed by atoms with E-state index in [1.165, 1.54) is 0 Å². The lowest BCUT2D eigenvalue weighted by atomic mass is 10.0. The van der Waals surface area contributed by atoms with Crippen LogP contribution in [0.5, 0.6) is 0 Å². The first-order valence-corrected chi connectivity index (χ1v) is 6.68. The van der Waals surface area contributed by atoms with Gasteiger partial charge in [0.05, 0.1) is 17.4 Å². The van der Waals surface area contributed by atoms with Gasteiger partial charge >= 0.3 is 0 Å². The van der Waals surface area contributed by atoms with Gasteiger partial charge in [-0.25, -0.2) is 9.97 Å². The molecule has 2 heterocycles. The molecule has 0 aliphatic heterocycles. The number of likely N-dealkylation sites (N-methyl/N-ethyl adjacent to an activating group) is 1. The lowest BCUT2D eigenvalue weighted by molar-refractivity contribution is 0.534. The van der Waals surface area contributed by atoms with Crippen molar-refractivity contribution in [2.75, 3.05) is 6.54 Å². The van der Waals surface area contributed by atoms with Crippen LogP contribution in [0.1, 0.15) is 29.9 Å². The molecule has 0 fully saturated rings. The number of rotatable bonds is 5. The summed E-state index contributed by atoms with van der Waals surface area (Å²) in [6, 6.07) is 2.04. The average molecular weight is 280 g/mol. The van der Waals surface area contributed by atoms with Crippen LogP contribution in [0.15, 0.2) is 18.6 Å². The van der Waals surface area contributed by atoms with Crippen molar-refractivity contribution >= 4 is 11.6 Å². The molecule has 1 atom stereocenters. The van der Waals surface area contributed by atoms with E-state index in [0.29, 0.717) is 5.15 Å². The van der Waals surface area contributed by atoms with Gasteiger partial charge in [0.25, 0.3) is 0 Å². The maximum atomic E-state index is 6.29. The van der Waals surface area contributed by atoms with Crippen LogP contribution in [0, 0.1) is 6.92 Å². The molecule has 0 aromatic carbocycles. The highest BCUT2D eigenvalue weighted by Gasteiger charge is 2.18. The largest absolute Gasteiger partial charge is 0.309 e. The molecule has 0 aliphatic carbocycles. The Kier molecular flexibility index (Phi) is 4.50. The summed E-state index contributed by atoms with van der Waals surface area (Å²) in [7, 11) is 1.85. The van der Waals surface area contributed by atoms with E-state index in [4.69, 9.17) is 11.6 Å². The van der Waals surface area contributed by atoms with E-state index >= 15 is 0 Å². The summed E-state index contributed by atoms with van der Waals surface area (Å²) >= 11 is 6.29. The lowest BCUT2D eigenvalue weighted by Crippen LogP contribution is -2.24. The molecule has 0 amide bonds. The summed E-state index contributed by atoms with van der Waals surface area (Å²) in [4.78, 5) is 8.27. The van der Waals surface area contributed by atoms with E-state index in [9.17, 15) is 0 Å². The van der Waals surface area contributed by atoms with Crippen LogP contribution in [-0.2, 0) is 13.5 Å². The third-order valence-corrected chi connectivity index (χ3v) is 3.56. The van der Waals surface area contributed by atoms with Crippen molar-refractivity contribution < 1.29 is 0 Å². The van der Waals surface area contributed by atoms with Gasteiger partial charge in [-0.3, -0.25) is 4.68 Å². The minimum atomic E-state index is 0.119. The Morgan fingerprint density at radius 2 is 2.26 bits per heavy atom. The molecule has 0 bridgehead atoms. The molecule has 19 heavy (non-hydrogen) atoms. The van der Waals surface area contributed by atoms with Crippen LogP contribution in [0.25, 0.3) is 0 Å². The number of halogens is 1. The number of aryl methyl sites for hydroxylation is 2. The minimum absolute atomic E-state index is 0.119. The third-order valence-electron chi connectivity index (χ3n) is 3.09. The second-order valence-corrected chi connectivity index (χ2v) is 4.79. The minimum Gasteiger partial charge on any atom is -0.309 e. The summed E-state index contributed by atoms with van der Waals surface area (Å²) in [5.41, 5.74) is 2.99. The highest BCUT2D eigenvalue weighted by molar-refractivity contribution is 6.30. The topological polar surface area (TPSA) is 55.6 Å². The number of nitrogens with zero attached hydrogens (tertiary/aromatic N) is 4. The summed E-state index contributed by atoms with van der Waals surface area (Å²) < 4.78 is 1.70. The molecule has 5 nitrogen and oxygen atoms in total. The Bertz CT molecular complexity index is 537. The molecule has 0 saturated heterocycles. The van der Waals surface area contributed by atoms with Crippen LogP contribution >= 0.6 is 11.6 Å². The normalized spacial score (nSPS) is 12.6. The standard InChI is InChI=1S/C13H18ClN5/c1-4-16-12(11-5-6-15-8-17-11)7-10-9(2)18-19(3)13(10)14/h5-6,8,12,16H,4,7H2,1-3H3. The maximum Gasteiger partial charge on any atom is 0.130 e. The third kappa shape index (κ3) is 3.11. The predicted octanol–water partition coefficient (Wildman–Crippen LogP) is 2.07. The van der Waals surface area contributed by atoms with Gasteiger partial charge in [-0.05, 0) is 26.0 Å². The SMILES string of the molecule is CCNC(Cc1c(C)nn(C)c1Cl)c1ccncn1. The molecular formula is C13H18ClN5. The Hall–Kier alpha value is -1.46. The summed E-state index contributed by atoms with van der Waals surface area (Å²) in [6.07, 6.45) is 4.09. The number of nitrogens with one attached hydrogen (secondary N) is 1. The van der Waals surface area contributed by atoms with E-state index < -0.39 is 0 Å². The zero-order valence-corrected chi connectivity index (χ0v) is 12.1. The first kappa shape index (κ1) is 14.0. The van der Waals surface area contributed by atoms with Gasteiger partial charge in [-0.2, -0.15) is 5.10 Å². The van der Waals surface area contributed by atoms with Gasteiger partial charge in [0.1, 0.15) is 11.5 Å². The first-order chi connectivity index (χ1) is 9.13. The van der Waals surface area contributed by atoms with E-state index in [1.807, 2.05) is 20.0 Å². The highest BCUT2D eigenvalue weighted by Crippen LogP contribution is 2.24. The van der Waals surface area contributed by atoms with E-state index in [2.05, 4.69) is 27.3 Å². The predicted molar refractivity (Wildman–Crippen MR) is 75.1 cm³/mol. The van der Waals surface area contributed by atoms with Gasteiger partial charge in [0, 0.05) is 18.8 Å². The van der Waals surface area contributed by atoms with Gasteiger partial charge in [0.15, 0.2) is 0 Å². The van der Waals surface area contributed by atoms with Crippen molar-refractivity contribution in [2.45, 2.75) is 26.3 Å².